The van der Waals surface area contributed by atoms with Gasteiger partial charge in [0.15, 0.2) is 11.5 Å². The number of benzene rings is 2. The van der Waals surface area contributed by atoms with E-state index in [4.69, 9.17) is 14.7 Å². The van der Waals surface area contributed by atoms with Crippen LogP contribution in [0.3, 0.4) is 0 Å². The van der Waals surface area contributed by atoms with E-state index in [1.165, 1.54) is 7.11 Å². The SMILES string of the molecule is COc1ccc(CNc2ccc(C#N)cc2OC)cc1O. The van der Waals surface area contributed by atoms with Crippen LogP contribution in [0.2, 0.25) is 0 Å². The van der Waals surface area contributed by atoms with Crippen LogP contribution in [0, 0.1) is 11.3 Å². The molecule has 0 radical (unpaired) electrons. The number of hydrogen-bond acceptors (Lipinski definition) is 5. The van der Waals surface area contributed by atoms with Gasteiger partial charge in [-0.3, -0.25) is 0 Å². The normalized spacial score (nSPS) is 9.76. The molecule has 21 heavy (non-hydrogen) atoms. The van der Waals surface area contributed by atoms with Crippen LogP contribution in [-0.2, 0) is 6.54 Å². The number of nitrogens with zero attached hydrogens (tertiary/aromatic N) is 1. The molecule has 0 bridgehead atoms. The average molecular weight is 284 g/mol. The summed E-state index contributed by atoms with van der Waals surface area (Å²) in [5, 5.41) is 21.8. The zero-order valence-electron chi connectivity index (χ0n) is 11.9. The van der Waals surface area contributed by atoms with E-state index < -0.39 is 0 Å². The fraction of sp³-hybridized carbons (Fsp3) is 0.188. The molecule has 0 saturated carbocycles. The highest BCUT2D eigenvalue weighted by molar-refractivity contribution is 5.59. The summed E-state index contributed by atoms with van der Waals surface area (Å²) in [6, 6.07) is 12.5. The second kappa shape index (κ2) is 6.53. The first-order chi connectivity index (χ1) is 10.2. The second-order valence-electron chi connectivity index (χ2n) is 4.39. The van der Waals surface area contributed by atoms with Crippen molar-refractivity contribution in [3.8, 4) is 23.3 Å². The molecule has 5 heteroatoms. The molecule has 0 aliphatic rings. The van der Waals surface area contributed by atoms with Crippen LogP contribution < -0.4 is 14.8 Å². The summed E-state index contributed by atoms with van der Waals surface area (Å²) in [5.41, 5.74) is 2.23. The highest BCUT2D eigenvalue weighted by Gasteiger charge is 2.06. The predicted molar refractivity (Wildman–Crippen MR) is 79.7 cm³/mol. The van der Waals surface area contributed by atoms with Gasteiger partial charge in [-0.05, 0) is 29.8 Å². The van der Waals surface area contributed by atoms with Gasteiger partial charge in [-0.15, -0.1) is 0 Å². The molecule has 0 aliphatic heterocycles. The number of anilines is 1. The zero-order chi connectivity index (χ0) is 15.2. The first-order valence-electron chi connectivity index (χ1n) is 6.36. The Morgan fingerprint density at radius 1 is 1.10 bits per heavy atom. The van der Waals surface area contributed by atoms with Gasteiger partial charge in [0.1, 0.15) is 5.75 Å². The largest absolute Gasteiger partial charge is 0.504 e. The minimum absolute atomic E-state index is 0.101. The van der Waals surface area contributed by atoms with E-state index in [-0.39, 0.29) is 5.75 Å². The molecule has 0 aliphatic carbocycles. The van der Waals surface area contributed by atoms with Crippen LogP contribution in [0.5, 0.6) is 17.2 Å². The number of nitrogens with one attached hydrogen (secondary N) is 1. The van der Waals surface area contributed by atoms with Gasteiger partial charge in [-0.2, -0.15) is 5.26 Å². The molecule has 0 spiro atoms. The molecule has 0 heterocycles. The van der Waals surface area contributed by atoms with Crippen LogP contribution in [-0.4, -0.2) is 19.3 Å². The lowest BCUT2D eigenvalue weighted by molar-refractivity contribution is 0.373. The third kappa shape index (κ3) is 3.37. The quantitative estimate of drug-likeness (QED) is 0.883. The Labute approximate surface area is 123 Å². The van der Waals surface area contributed by atoms with Crippen molar-refractivity contribution in [2.75, 3.05) is 19.5 Å². The summed E-state index contributed by atoms with van der Waals surface area (Å²) in [7, 11) is 3.06. The molecule has 0 amide bonds. The number of ether oxygens (including phenoxy) is 2. The molecule has 2 N–H and O–H groups in total. The summed E-state index contributed by atoms with van der Waals surface area (Å²) < 4.78 is 10.3. The highest BCUT2D eigenvalue weighted by atomic mass is 16.5. The van der Waals surface area contributed by atoms with Crippen LogP contribution in [0.25, 0.3) is 0 Å². The van der Waals surface area contributed by atoms with E-state index in [9.17, 15) is 5.11 Å². The molecule has 0 saturated heterocycles. The Hall–Kier alpha value is -2.87. The van der Waals surface area contributed by atoms with Crippen molar-refractivity contribution in [1.82, 2.24) is 0 Å². The molecular weight excluding hydrogens is 268 g/mol. The van der Waals surface area contributed by atoms with Gasteiger partial charge < -0.3 is 19.9 Å². The Morgan fingerprint density at radius 2 is 1.86 bits per heavy atom. The molecular formula is C16H16N2O3. The fourth-order valence-electron chi connectivity index (χ4n) is 1.95. The first kappa shape index (κ1) is 14.5. The molecule has 0 atom stereocenters. The smallest absolute Gasteiger partial charge is 0.160 e. The molecule has 2 aromatic rings. The minimum Gasteiger partial charge on any atom is -0.504 e. The van der Waals surface area contributed by atoms with Gasteiger partial charge in [-0.1, -0.05) is 6.07 Å². The minimum atomic E-state index is 0.101. The van der Waals surface area contributed by atoms with Gasteiger partial charge >= 0.3 is 0 Å². The first-order valence-corrected chi connectivity index (χ1v) is 6.36. The number of methoxy groups -OCH3 is 2. The van der Waals surface area contributed by atoms with Crippen molar-refractivity contribution in [3.05, 3.63) is 47.5 Å². The van der Waals surface area contributed by atoms with E-state index in [1.807, 2.05) is 6.07 Å². The molecule has 108 valence electrons. The maximum Gasteiger partial charge on any atom is 0.160 e. The van der Waals surface area contributed by atoms with E-state index >= 15 is 0 Å². The number of phenolic OH excluding ortho intramolecular Hbond substituents is 1. The lowest BCUT2D eigenvalue weighted by atomic mass is 10.1. The molecule has 2 rings (SSSR count). The maximum atomic E-state index is 9.74. The number of phenols is 1. The molecule has 0 aromatic heterocycles. The van der Waals surface area contributed by atoms with Crippen molar-refractivity contribution in [2.24, 2.45) is 0 Å². The molecule has 0 unspecified atom stereocenters. The average Bonchev–Trinajstić information content (AvgIpc) is 2.52. The summed E-state index contributed by atoms with van der Waals surface area (Å²) in [6.07, 6.45) is 0. The Bertz CT molecular complexity index is 678. The number of nitriles is 1. The highest BCUT2D eigenvalue weighted by Crippen LogP contribution is 2.28. The van der Waals surface area contributed by atoms with Gasteiger partial charge in [0.05, 0.1) is 31.5 Å². The number of rotatable bonds is 5. The lowest BCUT2D eigenvalue weighted by Crippen LogP contribution is -2.01. The second-order valence-corrected chi connectivity index (χ2v) is 4.39. The fourth-order valence-corrected chi connectivity index (χ4v) is 1.95. The molecule has 5 nitrogen and oxygen atoms in total. The zero-order valence-corrected chi connectivity index (χ0v) is 11.9. The van der Waals surface area contributed by atoms with Crippen molar-refractivity contribution >= 4 is 5.69 Å². The van der Waals surface area contributed by atoms with Crippen molar-refractivity contribution in [2.45, 2.75) is 6.54 Å². The van der Waals surface area contributed by atoms with E-state index in [0.29, 0.717) is 23.6 Å². The summed E-state index contributed by atoms with van der Waals surface area (Å²) in [6.45, 7) is 0.514. The maximum absolute atomic E-state index is 9.74. The van der Waals surface area contributed by atoms with Gasteiger partial charge in [0, 0.05) is 12.6 Å². The van der Waals surface area contributed by atoms with Crippen LogP contribution in [0.15, 0.2) is 36.4 Å². The van der Waals surface area contributed by atoms with Crippen LogP contribution in [0.1, 0.15) is 11.1 Å². The number of aromatic hydroxyl groups is 1. The van der Waals surface area contributed by atoms with Crippen molar-refractivity contribution in [3.63, 3.8) is 0 Å². The molecule has 2 aromatic carbocycles. The lowest BCUT2D eigenvalue weighted by Gasteiger charge is -2.12. The predicted octanol–water partition coefficient (Wildman–Crippen LogP) is 2.89. The Balaban J connectivity index is 2.13. The van der Waals surface area contributed by atoms with Crippen LogP contribution >= 0.6 is 0 Å². The van der Waals surface area contributed by atoms with Gasteiger partial charge in [0.2, 0.25) is 0 Å². The van der Waals surface area contributed by atoms with Gasteiger partial charge in [-0.25, -0.2) is 0 Å². The van der Waals surface area contributed by atoms with E-state index in [2.05, 4.69) is 11.4 Å². The topological polar surface area (TPSA) is 74.5 Å². The standard InChI is InChI=1S/C16H16N2O3/c1-20-15-6-4-12(7-14(15)19)10-18-13-5-3-11(9-17)8-16(13)21-2/h3-8,18-19H,10H2,1-2H3. The summed E-state index contributed by atoms with van der Waals surface area (Å²) in [4.78, 5) is 0. The summed E-state index contributed by atoms with van der Waals surface area (Å²) in [5.74, 6) is 1.14. The summed E-state index contributed by atoms with van der Waals surface area (Å²) >= 11 is 0. The Morgan fingerprint density at radius 3 is 2.48 bits per heavy atom. The number of hydrogen-bond donors (Lipinski definition) is 2. The third-order valence-electron chi connectivity index (χ3n) is 3.06. The van der Waals surface area contributed by atoms with Gasteiger partial charge in [0.25, 0.3) is 0 Å². The monoisotopic (exact) mass is 284 g/mol. The Kier molecular flexibility index (Phi) is 4.52. The van der Waals surface area contributed by atoms with E-state index in [1.54, 1.807) is 37.4 Å². The third-order valence-corrected chi connectivity index (χ3v) is 3.06. The molecule has 0 fully saturated rings. The van der Waals surface area contributed by atoms with Crippen molar-refractivity contribution < 1.29 is 14.6 Å². The van der Waals surface area contributed by atoms with E-state index in [0.717, 1.165) is 11.3 Å². The van der Waals surface area contributed by atoms with Crippen LogP contribution in [0.4, 0.5) is 5.69 Å². The van der Waals surface area contributed by atoms with Crippen molar-refractivity contribution in [1.29, 1.82) is 5.26 Å².